The Morgan fingerprint density at radius 3 is 2.65 bits per heavy atom. The van der Waals surface area contributed by atoms with Gasteiger partial charge in [-0.3, -0.25) is 9.59 Å². The van der Waals surface area contributed by atoms with Gasteiger partial charge in [0.25, 0.3) is 0 Å². The van der Waals surface area contributed by atoms with Gasteiger partial charge in [-0.15, -0.1) is 0 Å². The van der Waals surface area contributed by atoms with Crippen LogP contribution in [-0.4, -0.2) is 49.4 Å². The summed E-state index contributed by atoms with van der Waals surface area (Å²) in [6, 6.07) is 9.32. The van der Waals surface area contributed by atoms with E-state index in [2.05, 4.69) is 5.32 Å². The van der Waals surface area contributed by atoms with E-state index in [9.17, 15) is 9.59 Å². The molecule has 0 unspecified atom stereocenters. The first-order valence-corrected chi connectivity index (χ1v) is 7.10. The number of amides is 2. The molecular weight excluding hydrogens is 254 g/mol. The molecule has 0 bridgehead atoms. The number of nitrogens with zero attached hydrogens (tertiary/aromatic N) is 2. The van der Waals surface area contributed by atoms with E-state index in [0.29, 0.717) is 19.6 Å². The number of hydrogen-bond acceptors (Lipinski definition) is 3. The Labute approximate surface area is 119 Å². The average molecular weight is 275 g/mol. The van der Waals surface area contributed by atoms with Crippen molar-refractivity contribution in [2.75, 3.05) is 37.6 Å². The lowest BCUT2D eigenvalue weighted by Gasteiger charge is -2.25. The highest BCUT2D eigenvalue weighted by atomic mass is 16.2. The molecule has 0 atom stereocenters. The first-order valence-electron chi connectivity index (χ1n) is 7.10. The second kappa shape index (κ2) is 7.05. The lowest BCUT2D eigenvalue weighted by molar-refractivity contribution is -0.144. The first-order chi connectivity index (χ1) is 9.74. The van der Waals surface area contributed by atoms with Crippen LogP contribution >= 0.6 is 0 Å². The second-order valence-corrected chi connectivity index (χ2v) is 4.78. The fourth-order valence-electron chi connectivity index (χ4n) is 2.35. The summed E-state index contributed by atoms with van der Waals surface area (Å²) >= 11 is 0. The van der Waals surface area contributed by atoms with Crippen molar-refractivity contribution in [1.82, 2.24) is 10.2 Å². The highest BCUT2D eigenvalue weighted by Crippen LogP contribution is 2.14. The molecule has 0 spiro atoms. The summed E-state index contributed by atoms with van der Waals surface area (Å²) in [5.74, 6) is -0.847. The predicted molar refractivity (Wildman–Crippen MR) is 78.5 cm³/mol. The molecule has 1 heterocycles. The van der Waals surface area contributed by atoms with Crippen LogP contribution in [0.2, 0.25) is 0 Å². The van der Waals surface area contributed by atoms with Gasteiger partial charge in [-0.25, -0.2) is 0 Å². The first kappa shape index (κ1) is 14.5. The van der Waals surface area contributed by atoms with E-state index in [1.165, 1.54) is 4.90 Å². The van der Waals surface area contributed by atoms with Crippen molar-refractivity contribution in [3.63, 3.8) is 0 Å². The summed E-state index contributed by atoms with van der Waals surface area (Å²) in [5.41, 5.74) is 0.765. The number of benzene rings is 1. The summed E-state index contributed by atoms with van der Waals surface area (Å²) in [7, 11) is 0. The molecule has 5 heteroatoms. The Hall–Kier alpha value is -1.88. The van der Waals surface area contributed by atoms with Crippen molar-refractivity contribution in [2.24, 2.45) is 0 Å². The molecule has 108 valence electrons. The van der Waals surface area contributed by atoms with Gasteiger partial charge in [0.15, 0.2) is 0 Å². The molecule has 2 rings (SSSR count). The maximum Gasteiger partial charge on any atom is 0.316 e. The molecule has 1 aliphatic rings. The lowest BCUT2D eigenvalue weighted by Crippen LogP contribution is -2.46. The van der Waals surface area contributed by atoms with Crippen molar-refractivity contribution in [1.29, 1.82) is 0 Å². The molecule has 0 aliphatic carbocycles. The van der Waals surface area contributed by atoms with Gasteiger partial charge < -0.3 is 15.1 Å². The third kappa shape index (κ3) is 3.36. The Morgan fingerprint density at radius 2 is 1.95 bits per heavy atom. The molecule has 0 saturated carbocycles. The zero-order valence-corrected chi connectivity index (χ0v) is 11.8. The smallest absolute Gasteiger partial charge is 0.316 e. The number of nitrogens with one attached hydrogen (secondary N) is 1. The van der Waals surface area contributed by atoms with Crippen LogP contribution in [0.5, 0.6) is 0 Å². The molecule has 2 amide bonds. The lowest BCUT2D eigenvalue weighted by atomic mass is 10.2. The zero-order chi connectivity index (χ0) is 14.4. The number of carbonyl (C=O) groups excluding carboxylic acids is 2. The Balaban J connectivity index is 2.09. The van der Waals surface area contributed by atoms with Crippen LogP contribution in [0.15, 0.2) is 30.3 Å². The van der Waals surface area contributed by atoms with Gasteiger partial charge in [-0.1, -0.05) is 18.2 Å². The summed E-state index contributed by atoms with van der Waals surface area (Å²) in [6.07, 6.45) is 0.885. The highest BCUT2D eigenvalue weighted by Gasteiger charge is 2.27. The number of hydrogen-bond donors (Lipinski definition) is 1. The fourth-order valence-corrected chi connectivity index (χ4v) is 2.35. The third-order valence-corrected chi connectivity index (χ3v) is 3.44. The van der Waals surface area contributed by atoms with Gasteiger partial charge in [0.2, 0.25) is 0 Å². The monoisotopic (exact) mass is 275 g/mol. The molecule has 1 saturated heterocycles. The van der Waals surface area contributed by atoms with Gasteiger partial charge in [-0.2, -0.15) is 0 Å². The average Bonchev–Trinajstić information content (AvgIpc) is 2.77. The SMILES string of the molecule is CCN(C(=O)C(=O)N1CCCNCC1)c1ccccc1. The maximum absolute atomic E-state index is 12.4. The number of anilines is 1. The summed E-state index contributed by atoms with van der Waals surface area (Å²) < 4.78 is 0. The largest absolute Gasteiger partial charge is 0.333 e. The number of rotatable bonds is 2. The van der Waals surface area contributed by atoms with Gasteiger partial charge >= 0.3 is 11.8 Å². The number of para-hydroxylation sites is 1. The predicted octanol–water partition coefficient (Wildman–Crippen LogP) is 0.861. The molecule has 1 N–H and O–H groups in total. The molecular formula is C15H21N3O2. The molecule has 1 aromatic rings. The van der Waals surface area contributed by atoms with E-state index in [1.54, 1.807) is 4.90 Å². The van der Waals surface area contributed by atoms with Crippen molar-refractivity contribution in [3.8, 4) is 0 Å². The minimum Gasteiger partial charge on any atom is -0.333 e. The van der Waals surface area contributed by atoms with Crippen molar-refractivity contribution >= 4 is 17.5 Å². The summed E-state index contributed by atoms with van der Waals surface area (Å²) in [5, 5.41) is 3.23. The standard InChI is InChI=1S/C15H21N3O2/c1-2-18(13-7-4-3-5-8-13)15(20)14(19)17-11-6-9-16-10-12-17/h3-5,7-8,16H,2,6,9-12H2,1H3. The van der Waals surface area contributed by atoms with E-state index in [4.69, 9.17) is 0 Å². The van der Waals surface area contributed by atoms with Crippen molar-refractivity contribution in [3.05, 3.63) is 30.3 Å². The van der Waals surface area contributed by atoms with Crippen LogP contribution < -0.4 is 10.2 Å². The van der Waals surface area contributed by atoms with Crippen LogP contribution in [0.1, 0.15) is 13.3 Å². The van der Waals surface area contributed by atoms with E-state index >= 15 is 0 Å². The normalized spacial score (nSPS) is 15.6. The molecule has 1 aliphatic heterocycles. The van der Waals surface area contributed by atoms with Gasteiger partial charge in [0, 0.05) is 31.9 Å². The van der Waals surface area contributed by atoms with Crippen LogP contribution in [0.4, 0.5) is 5.69 Å². The molecule has 0 radical (unpaired) electrons. The molecule has 0 aromatic heterocycles. The van der Waals surface area contributed by atoms with Gasteiger partial charge in [0.1, 0.15) is 0 Å². The van der Waals surface area contributed by atoms with E-state index in [0.717, 1.165) is 25.2 Å². The molecule has 5 nitrogen and oxygen atoms in total. The van der Waals surface area contributed by atoms with E-state index in [1.807, 2.05) is 37.3 Å². The Bertz CT molecular complexity index is 453. The van der Waals surface area contributed by atoms with E-state index < -0.39 is 11.8 Å². The van der Waals surface area contributed by atoms with Crippen LogP contribution in [0, 0.1) is 0 Å². The van der Waals surface area contributed by atoms with E-state index in [-0.39, 0.29) is 0 Å². The number of likely N-dealkylation sites (N-methyl/N-ethyl adjacent to an activating group) is 1. The Morgan fingerprint density at radius 1 is 1.20 bits per heavy atom. The van der Waals surface area contributed by atoms with Gasteiger partial charge in [0.05, 0.1) is 0 Å². The summed E-state index contributed by atoms with van der Waals surface area (Å²) in [6.45, 7) is 5.24. The van der Waals surface area contributed by atoms with Crippen molar-refractivity contribution < 1.29 is 9.59 Å². The summed E-state index contributed by atoms with van der Waals surface area (Å²) in [4.78, 5) is 27.9. The van der Waals surface area contributed by atoms with Crippen LogP contribution in [0.3, 0.4) is 0 Å². The Kier molecular flexibility index (Phi) is 5.12. The van der Waals surface area contributed by atoms with Gasteiger partial charge in [-0.05, 0) is 32.0 Å². The van der Waals surface area contributed by atoms with Crippen molar-refractivity contribution in [2.45, 2.75) is 13.3 Å². The molecule has 1 fully saturated rings. The number of carbonyl (C=O) groups is 2. The second-order valence-electron chi connectivity index (χ2n) is 4.78. The molecule has 20 heavy (non-hydrogen) atoms. The van der Waals surface area contributed by atoms with Crippen LogP contribution in [-0.2, 0) is 9.59 Å². The fraction of sp³-hybridized carbons (Fsp3) is 0.467. The third-order valence-electron chi connectivity index (χ3n) is 3.44. The highest BCUT2D eigenvalue weighted by molar-refractivity contribution is 6.40. The quantitative estimate of drug-likeness (QED) is 0.815. The zero-order valence-electron chi connectivity index (χ0n) is 11.8. The molecule has 1 aromatic carbocycles. The topological polar surface area (TPSA) is 52.7 Å². The minimum absolute atomic E-state index is 0.403. The van der Waals surface area contributed by atoms with Crippen LogP contribution in [0.25, 0.3) is 0 Å². The maximum atomic E-state index is 12.4. The minimum atomic E-state index is -0.444.